The fourth-order valence-electron chi connectivity index (χ4n) is 3.54. The molecule has 1 aromatic heterocycles. The van der Waals surface area contributed by atoms with Crippen LogP contribution in [0.4, 0.5) is 5.69 Å². The number of halogens is 2. The average Bonchev–Trinajstić information content (AvgIpc) is 3.09. The third-order valence-corrected chi connectivity index (χ3v) is 7.71. The van der Waals surface area contributed by atoms with Gasteiger partial charge in [-0.15, -0.1) is 0 Å². The van der Waals surface area contributed by atoms with Crippen molar-refractivity contribution in [2.75, 3.05) is 18.4 Å². The Morgan fingerprint density at radius 3 is 2.63 bits per heavy atom. The minimum absolute atomic E-state index is 0.0178. The molecule has 2 aromatic carbocycles. The van der Waals surface area contributed by atoms with Crippen LogP contribution in [0, 0.1) is 12.8 Å². The third-order valence-electron chi connectivity index (χ3n) is 5.10. The largest absolute Gasteiger partial charge is 0.441 e. The molecule has 1 N–H and O–H groups in total. The van der Waals surface area contributed by atoms with Crippen molar-refractivity contribution in [3.63, 3.8) is 0 Å². The number of aromatic nitrogens is 1. The normalized spacial score (nSPS) is 16.1. The van der Waals surface area contributed by atoms with Crippen LogP contribution in [0.2, 0.25) is 10.0 Å². The van der Waals surface area contributed by atoms with E-state index in [9.17, 15) is 13.2 Å². The molecule has 1 saturated heterocycles. The van der Waals surface area contributed by atoms with Crippen LogP contribution >= 0.6 is 23.2 Å². The molecule has 0 radical (unpaired) electrons. The van der Waals surface area contributed by atoms with Crippen molar-refractivity contribution in [1.82, 2.24) is 9.29 Å². The van der Waals surface area contributed by atoms with E-state index in [0.29, 0.717) is 40.5 Å². The Labute approximate surface area is 184 Å². The van der Waals surface area contributed by atoms with E-state index in [1.54, 1.807) is 25.1 Å². The maximum Gasteiger partial charge on any atom is 0.244 e. The zero-order valence-corrected chi connectivity index (χ0v) is 18.4. The van der Waals surface area contributed by atoms with E-state index in [0.717, 1.165) is 0 Å². The van der Waals surface area contributed by atoms with E-state index < -0.39 is 10.0 Å². The molecule has 2 heterocycles. The summed E-state index contributed by atoms with van der Waals surface area (Å²) in [5.41, 5.74) is 1.95. The summed E-state index contributed by atoms with van der Waals surface area (Å²) in [6.07, 6.45) is 0.823. The highest BCUT2D eigenvalue weighted by molar-refractivity contribution is 7.89. The number of rotatable bonds is 4. The van der Waals surface area contributed by atoms with Crippen LogP contribution < -0.4 is 5.32 Å². The van der Waals surface area contributed by atoms with Gasteiger partial charge < -0.3 is 9.73 Å². The van der Waals surface area contributed by atoms with Crippen molar-refractivity contribution in [2.45, 2.75) is 24.7 Å². The number of anilines is 1. The van der Waals surface area contributed by atoms with Crippen LogP contribution in [0.5, 0.6) is 0 Å². The monoisotopic (exact) mass is 467 g/mol. The van der Waals surface area contributed by atoms with Gasteiger partial charge in [-0.25, -0.2) is 13.4 Å². The van der Waals surface area contributed by atoms with Gasteiger partial charge in [0, 0.05) is 36.6 Å². The van der Waals surface area contributed by atoms with Gasteiger partial charge in [0.1, 0.15) is 10.4 Å². The van der Waals surface area contributed by atoms with Gasteiger partial charge >= 0.3 is 0 Å². The molecule has 7 nitrogen and oxygen atoms in total. The van der Waals surface area contributed by atoms with Gasteiger partial charge in [0.15, 0.2) is 11.5 Å². The topological polar surface area (TPSA) is 92.5 Å². The number of aryl methyl sites for hydroxylation is 1. The van der Waals surface area contributed by atoms with Crippen LogP contribution in [-0.4, -0.2) is 36.7 Å². The fourth-order valence-corrected chi connectivity index (χ4v) is 5.74. The third kappa shape index (κ3) is 4.18. The van der Waals surface area contributed by atoms with Gasteiger partial charge in [0.25, 0.3) is 0 Å². The van der Waals surface area contributed by atoms with Gasteiger partial charge in [0.05, 0.1) is 5.02 Å². The summed E-state index contributed by atoms with van der Waals surface area (Å²) in [7, 11) is -3.78. The lowest BCUT2D eigenvalue weighted by Crippen LogP contribution is -2.41. The first-order chi connectivity index (χ1) is 14.2. The SMILES string of the molecule is Cc1nc2cc(NC(=O)C3CCN(S(=O)(=O)c4cc(Cl)ccc4Cl)CC3)ccc2o1. The smallest absolute Gasteiger partial charge is 0.244 e. The lowest BCUT2D eigenvalue weighted by molar-refractivity contribution is -0.120. The minimum atomic E-state index is -3.78. The van der Waals surface area contributed by atoms with Crippen LogP contribution in [0.3, 0.4) is 0 Å². The number of fused-ring (bicyclic) bond motifs is 1. The van der Waals surface area contributed by atoms with Crippen molar-refractivity contribution >= 4 is 55.9 Å². The second kappa shape index (κ2) is 8.19. The second-order valence-corrected chi connectivity index (χ2v) is 9.91. The van der Waals surface area contributed by atoms with Gasteiger partial charge in [-0.2, -0.15) is 4.31 Å². The molecule has 158 valence electrons. The number of amides is 1. The number of nitrogens with zero attached hydrogens (tertiary/aromatic N) is 2. The Bertz CT molecular complexity index is 1220. The number of carbonyl (C=O) groups excluding carboxylic acids is 1. The Kier molecular flexibility index (Phi) is 5.76. The summed E-state index contributed by atoms with van der Waals surface area (Å²) in [6.45, 7) is 2.21. The number of sulfonamides is 1. The Morgan fingerprint density at radius 1 is 1.17 bits per heavy atom. The van der Waals surface area contributed by atoms with Crippen molar-refractivity contribution in [3.8, 4) is 0 Å². The highest BCUT2D eigenvalue weighted by Gasteiger charge is 2.33. The van der Waals surface area contributed by atoms with Gasteiger partial charge in [0.2, 0.25) is 15.9 Å². The van der Waals surface area contributed by atoms with E-state index in [2.05, 4.69) is 10.3 Å². The molecule has 1 amide bonds. The number of oxazole rings is 1. The second-order valence-electron chi connectivity index (χ2n) is 7.16. The predicted octanol–water partition coefficient (Wildman–Crippen LogP) is 4.48. The van der Waals surface area contributed by atoms with E-state index in [1.807, 2.05) is 0 Å². The molecule has 0 aliphatic carbocycles. The molecule has 1 fully saturated rings. The van der Waals surface area contributed by atoms with Gasteiger partial charge in [-0.1, -0.05) is 23.2 Å². The molecular weight excluding hydrogens is 449 g/mol. The van der Waals surface area contributed by atoms with Crippen molar-refractivity contribution in [3.05, 3.63) is 52.3 Å². The zero-order chi connectivity index (χ0) is 21.5. The summed E-state index contributed by atoms with van der Waals surface area (Å²) < 4.78 is 32.6. The number of hydrogen-bond acceptors (Lipinski definition) is 5. The number of piperidine rings is 1. The molecule has 0 bridgehead atoms. The molecule has 0 unspecified atom stereocenters. The van der Waals surface area contributed by atoms with Gasteiger partial charge in [-0.3, -0.25) is 4.79 Å². The number of nitrogens with one attached hydrogen (secondary N) is 1. The zero-order valence-electron chi connectivity index (χ0n) is 16.1. The summed E-state index contributed by atoms with van der Waals surface area (Å²) in [5.74, 6) is 0.121. The van der Waals surface area contributed by atoms with E-state index >= 15 is 0 Å². The summed E-state index contributed by atoms with van der Waals surface area (Å²) in [5, 5.41) is 3.31. The Hall–Kier alpha value is -2.13. The van der Waals surface area contributed by atoms with Crippen LogP contribution in [0.1, 0.15) is 18.7 Å². The Balaban J connectivity index is 1.42. The summed E-state index contributed by atoms with van der Waals surface area (Å²) in [4.78, 5) is 16.9. The highest BCUT2D eigenvalue weighted by Crippen LogP contribution is 2.31. The predicted molar refractivity (Wildman–Crippen MR) is 115 cm³/mol. The summed E-state index contributed by atoms with van der Waals surface area (Å²) in [6, 6.07) is 9.62. The van der Waals surface area contributed by atoms with Crippen molar-refractivity contribution in [2.24, 2.45) is 5.92 Å². The maximum atomic E-state index is 12.9. The quantitative estimate of drug-likeness (QED) is 0.610. The number of carbonyl (C=O) groups is 1. The average molecular weight is 468 g/mol. The Morgan fingerprint density at radius 2 is 1.90 bits per heavy atom. The molecule has 0 atom stereocenters. The van der Waals surface area contributed by atoms with E-state index in [1.165, 1.54) is 22.5 Å². The molecule has 30 heavy (non-hydrogen) atoms. The van der Waals surface area contributed by atoms with E-state index in [4.69, 9.17) is 27.6 Å². The first-order valence-corrected chi connectivity index (χ1v) is 11.6. The van der Waals surface area contributed by atoms with Gasteiger partial charge in [-0.05, 0) is 49.2 Å². The fraction of sp³-hybridized carbons (Fsp3) is 0.300. The first-order valence-electron chi connectivity index (χ1n) is 9.37. The summed E-state index contributed by atoms with van der Waals surface area (Å²) >= 11 is 12.0. The maximum absolute atomic E-state index is 12.9. The van der Waals surface area contributed by atoms with Crippen molar-refractivity contribution in [1.29, 1.82) is 0 Å². The van der Waals surface area contributed by atoms with Crippen LogP contribution in [-0.2, 0) is 14.8 Å². The number of hydrogen-bond donors (Lipinski definition) is 1. The molecule has 0 spiro atoms. The lowest BCUT2D eigenvalue weighted by Gasteiger charge is -2.30. The lowest BCUT2D eigenvalue weighted by atomic mass is 9.97. The minimum Gasteiger partial charge on any atom is -0.441 e. The molecular formula is C20H19Cl2N3O4S. The van der Waals surface area contributed by atoms with Crippen LogP contribution in [0.15, 0.2) is 45.7 Å². The number of benzene rings is 2. The molecule has 10 heteroatoms. The van der Waals surface area contributed by atoms with Crippen molar-refractivity contribution < 1.29 is 17.6 Å². The van der Waals surface area contributed by atoms with Crippen LogP contribution in [0.25, 0.3) is 11.1 Å². The molecule has 1 aliphatic rings. The first kappa shape index (κ1) is 21.1. The van der Waals surface area contributed by atoms with E-state index in [-0.39, 0.29) is 34.8 Å². The highest BCUT2D eigenvalue weighted by atomic mass is 35.5. The standard InChI is InChI=1S/C20H19Cl2N3O4S/c1-12-23-17-11-15(3-5-18(17)29-12)24-20(26)13-6-8-25(9-7-13)30(27,28)19-10-14(21)2-4-16(19)22/h2-5,10-11,13H,6-9H2,1H3,(H,24,26). The molecule has 1 aliphatic heterocycles. The molecule has 3 aromatic rings. The molecule has 0 saturated carbocycles. The molecule has 4 rings (SSSR count).